The standard InChI is InChI=1S/C26H42O2.C15H17N2.C3H6.C2H6.K/c1-23(2)20-10-13-24(3)18-9-15-26(16-27)12-5-6-19(26)17(18)7-8-21(24)25(20,4)14-11-22(23)28;1-12-6-8-14(9-7-12)17-15-5-3-4-13(10-15)11-16-2;1-3-2;1-2;/h16-22,28H,5-15H2,1-4H3;3-10,16H,11H2,1-2H3;3H,1H2,2H3;1-2H3;/q;-1;;;+1. The predicted molar refractivity (Wildman–Crippen MR) is 213 cm³/mol. The van der Waals surface area contributed by atoms with Gasteiger partial charge in [0.15, 0.2) is 0 Å². The third kappa shape index (κ3) is 9.19. The first-order valence-corrected chi connectivity index (χ1v) is 20.1. The van der Waals surface area contributed by atoms with E-state index in [2.05, 4.69) is 76.1 Å². The zero-order chi connectivity index (χ0) is 36.7. The molecule has 5 heteroatoms. The molecular formula is C46H71KN2O2. The molecule has 278 valence electrons. The topological polar surface area (TPSA) is 63.4 Å². The molecule has 0 spiro atoms. The van der Waals surface area contributed by atoms with Crippen LogP contribution in [0.5, 0.6) is 0 Å². The first-order valence-electron chi connectivity index (χ1n) is 20.1. The normalized spacial score (nSPS) is 35.3. The number of aliphatic hydroxyl groups is 1. The summed E-state index contributed by atoms with van der Waals surface area (Å²) in [5.41, 5.74) is 5.44. The Labute approximate surface area is 355 Å². The van der Waals surface area contributed by atoms with E-state index in [1.54, 1.807) is 6.08 Å². The number of aliphatic hydroxyl groups excluding tert-OH is 1. The van der Waals surface area contributed by atoms with Crippen molar-refractivity contribution in [1.82, 2.24) is 5.32 Å². The number of benzene rings is 2. The third-order valence-corrected chi connectivity index (χ3v) is 14.4. The van der Waals surface area contributed by atoms with Gasteiger partial charge in [-0.2, -0.15) is 0 Å². The summed E-state index contributed by atoms with van der Waals surface area (Å²) >= 11 is 0. The smallest absolute Gasteiger partial charge is 0.658 e. The molecule has 2 aromatic rings. The van der Waals surface area contributed by atoms with Gasteiger partial charge in [0.1, 0.15) is 6.29 Å². The fourth-order valence-electron chi connectivity index (χ4n) is 12.2. The van der Waals surface area contributed by atoms with Crippen LogP contribution in [-0.4, -0.2) is 24.5 Å². The van der Waals surface area contributed by atoms with Crippen molar-refractivity contribution in [3.8, 4) is 0 Å². The van der Waals surface area contributed by atoms with Crippen molar-refractivity contribution in [1.29, 1.82) is 0 Å². The molecule has 9 atom stereocenters. The quantitative estimate of drug-likeness (QED) is 0.184. The Balaban J connectivity index is 0.000000263. The average Bonchev–Trinajstić information content (AvgIpc) is 3.55. The van der Waals surface area contributed by atoms with E-state index in [1.807, 2.05) is 52.1 Å². The van der Waals surface area contributed by atoms with Crippen molar-refractivity contribution in [3.63, 3.8) is 0 Å². The van der Waals surface area contributed by atoms with E-state index in [0.717, 1.165) is 54.9 Å². The van der Waals surface area contributed by atoms with Gasteiger partial charge >= 0.3 is 51.4 Å². The zero-order valence-electron chi connectivity index (χ0n) is 34.2. The molecule has 0 bridgehead atoms. The Morgan fingerprint density at radius 1 is 0.843 bits per heavy atom. The second kappa shape index (κ2) is 19.2. The number of carbonyl (C=O) groups is 1. The molecule has 0 radical (unpaired) electrons. The van der Waals surface area contributed by atoms with Crippen molar-refractivity contribution in [2.24, 2.45) is 51.2 Å². The summed E-state index contributed by atoms with van der Waals surface area (Å²) < 4.78 is 0. The summed E-state index contributed by atoms with van der Waals surface area (Å²) in [7, 11) is 1.95. The number of rotatable bonds is 5. The van der Waals surface area contributed by atoms with Crippen molar-refractivity contribution in [3.05, 3.63) is 77.6 Å². The van der Waals surface area contributed by atoms with Gasteiger partial charge in [-0.15, -0.1) is 18.0 Å². The first-order chi connectivity index (χ1) is 23.9. The molecule has 5 saturated carbocycles. The maximum absolute atomic E-state index is 12.1. The number of nitrogens with zero attached hydrogens (tertiary/aromatic N) is 1. The van der Waals surface area contributed by atoms with E-state index in [9.17, 15) is 9.90 Å². The van der Waals surface area contributed by atoms with Crippen molar-refractivity contribution in [2.45, 2.75) is 139 Å². The molecule has 4 nitrogen and oxygen atoms in total. The Bertz CT molecular complexity index is 1390. The molecule has 5 aliphatic carbocycles. The third-order valence-electron chi connectivity index (χ3n) is 14.4. The van der Waals surface area contributed by atoms with E-state index < -0.39 is 0 Å². The van der Waals surface area contributed by atoms with Gasteiger partial charge < -0.3 is 20.5 Å². The number of carbonyl (C=O) groups excluding carboxylic acids is 1. The van der Waals surface area contributed by atoms with Crippen LogP contribution in [-0.2, 0) is 11.3 Å². The van der Waals surface area contributed by atoms with Crippen LogP contribution in [0.4, 0.5) is 11.4 Å². The summed E-state index contributed by atoms with van der Waals surface area (Å²) in [4.78, 5) is 12.1. The number of hydrogen-bond acceptors (Lipinski definition) is 3. The molecule has 5 aliphatic rings. The van der Waals surface area contributed by atoms with Crippen LogP contribution in [0.2, 0.25) is 0 Å². The van der Waals surface area contributed by atoms with E-state index >= 15 is 0 Å². The molecule has 0 amide bonds. The van der Waals surface area contributed by atoms with E-state index in [0.29, 0.717) is 22.7 Å². The minimum absolute atomic E-state index is 0. The van der Waals surface area contributed by atoms with E-state index in [4.69, 9.17) is 0 Å². The maximum atomic E-state index is 12.1. The molecule has 9 unspecified atom stereocenters. The van der Waals surface area contributed by atoms with Gasteiger partial charge in [-0.1, -0.05) is 108 Å². The summed E-state index contributed by atoms with van der Waals surface area (Å²) in [5, 5.41) is 18.5. The summed E-state index contributed by atoms with van der Waals surface area (Å²) in [6.07, 6.45) is 16.8. The van der Waals surface area contributed by atoms with Gasteiger partial charge in [0, 0.05) is 12.0 Å². The van der Waals surface area contributed by atoms with Gasteiger partial charge in [0.2, 0.25) is 0 Å². The summed E-state index contributed by atoms with van der Waals surface area (Å²) in [6.45, 7) is 22.1. The number of allylic oxidation sites excluding steroid dienone is 1. The van der Waals surface area contributed by atoms with Gasteiger partial charge in [-0.05, 0) is 137 Å². The first kappa shape index (κ1) is 44.6. The van der Waals surface area contributed by atoms with Crippen LogP contribution in [0.25, 0.3) is 5.32 Å². The minimum atomic E-state index is -0.132. The van der Waals surface area contributed by atoms with Crippen molar-refractivity contribution >= 4 is 17.7 Å². The van der Waals surface area contributed by atoms with E-state index in [1.165, 1.54) is 68.8 Å². The predicted octanol–water partition coefficient (Wildman–Crippen LogP) is 9.29. The monoisotopic (exact) mass is 723 g/mol. The fraction of sp³-hybridized carbons (Fsp3) is 0.674. The van der Waals surface area contributed by atoms with Crippen molar-refractivity contribution < 1.29 is 61.3 Å². The van der Waals surface area contributed by atoms with Gasteiger partial charge in [-0.25, -0.2) is 0 Å². The Hall–Kier alpha value is -0.794. The molecule has 0 saturated heterocycles. The Morgan fingerprint density at radius 3 is 2.16 bits per heavy atom. The molecule has 51 heavy (non-hydrogen) atoms. The molecule has 7 rings (SSSR count). The number of aryl methyl sites for hydroxylation is 1. The van der Waals surface area contributed by atoms with Gasteiger partial charge in [0.05, 0.1) is 6.10 Å². The number of aldehydes is 1. The SMILES string of the molecule is C=CC.CC.CC1(C)C(O)CCC2(C)C1CCC1(C)C3CCC4(C=O)CCCC4C3CCC12.CNCc1cccc([N-]c2ccc(C)cc2)c1.[K+]. The molecular weight excluding hydrogens is 652 g/mol. The fourth-order valence-corrected chi connectivity index (χ4v) is 12.2. The van der Waals surface area contributed by atoms with E-state index in [-0.39, 0.29) is 68.3 Å². The molecule has 0 aliphatic heterocycles. The second-order valence-corrected chi connectivity index (χ2v) is 17.3. The maximum Gasteiger partial charge on any atom is 1.00 e. The van der Waals surface area contributed by atoms with Gasteiger partial charge in [0.25, 0.3) is 0 Å². The van der Waals surface area contributed by atoms with Crippen molar-refractivity contribution in [2.75, 3.05) is 7.05 Å². The summed E-state index contributed by atoms with van der Waals surface area (Å²) in [5.74, 6) is 3.76. The van der Waals surface area contributed by atoms with Crippen LogP contribution >= 0.6 is 0 Å². The minimum Gasteiger partial charge on any atom is -0.658 e. The van der Waals surface area contributed by atoms with Gasteiger partial charge in [-0.3, -0.25) is 0 Å². The molecule has 0 aromatic heterocycles. The second-order valence-electron chi connectivity index (χ2n) is 17.3. The molecule has 0 heterocycles. The summed E-state index contributed by atoms with van der Waals surface area (Å²) in [6, 6.07) is 16.5. The molecule has 2 N–H and O–H groups in total. The number of fused-ring (bicyclic) bond motifs is 7. The molecule has 2 aromatic carbocycles. The van der Waals surface area contributed by atoms with Crippen LogP contribution < -0.4 is 56.7 Å². The van der Waals surface area contributed by atoms with Crippen LogP contribution in [0, 0.1) is 58.2 Å². The Kier molecular flexibility index (Phi) is 16.8. The number of nitrogens with one attached hydrogen (secondary N) is 1. The largest absolute Gasteiger partial charge is 1.00 e. The average molecular weight is 723 g/mol. The van der Waals surface area contributed by atoms with Crippen LogP contribution in [0.1, 0.15) is 130 Å². The zero-order valence-corrected chi connectivity index (χ0v) is 37.4. The number of hydrogen-bond donors (Lipinski definition) is 2. The molecule has 5 fully saturated rings. The van der Waals surface area contributed by atoms with Crippen LogP contribution in [0.15, 0.2) is 61.2 Å². The Morgan fingerprint density at radius 2 is 1.51 bits per heavy atom. The van der Waals surface area contributed by atoms with Crippen LogP contribution in [0.3, 0.4) is 0 Å².